The van der Waals surface area contributed by atoms with Gasteiger partial charge in [0.05, 0.1) is 0 Å². The van der Waals surface area contributed by atoms with Gasteiger partial charge in [-0.3, -0.25) is 0 Å². The molecule has 1 aromatic rings. The second-order valence-electron chi connectivity index (χ2n) is 4.91. The maximum absolute atomic E-state index is 3.56. The molecular weight excluding hydrogens is 220 g/mol. The summed E-state index contributed by atoms with van der Waals surface area (Å²) in [7, 11) is 0. The summed E-state index contributed by atoms with van der Waals surface area (Å²) in [5, 5.41) is 3.56. The summed E-state index contributed by atoms with van der Waals surface area (Å²) in [6, 6.07) is 9.36. The zero-order chi connectivity index (χ0) is 13.4. The number of rotatable bonds is 8. The van der Waals surface area contributed by atoms with Gasteiger partial charge in [-0.2, -0.15) is 0 Å². The molecule has 1 unspecified atom stereocenters. The van der Waals surface area contributed by atoms with Gasteiger partial charge in [-0.1, -0.05) is 19.8 Å². The van der Waals surface area contributed by atoms with Gasteiger partial charge in [-0.15, -0.1) is 0 Å². The van der Waals surface area contributed by atoms with Crippen LogP contribution in [0.1, 0.15) is 47.0 Å². The first-order valence-corrected chi connectivity index (χ1v) is 7.32. The first kappa shape index (κ1) is 14.9. The Morgan fingerprint density at radius 2 is 1.67 bits per heavy atom. The fourth-order valence-corrected chi connectivity index (χ4v) is 2.22. The van der Waals surface area contributed by atoms with Crippen molar-refractivity contribution in [1.29, 1.82) is 0 Å². The molecule has 0 aliphatic carbocycles. The second-order valence-corrected chi connectivity index (χ2v) is 4.91. The lowest BCUT2D eigenvalue weighted by atomic mass is 10.1. The molecule has 1 rings (SSSR count). The average molecular weight is 248 g/mol. The van der Waals surface area contributed by atoms with Crippen LogP contribution in [0.25, 0.3) is 0 Å². The third-order valence-corrected chi connectivity index (χ3v) is 3.40. The van der Waals surface area contributed by atoms with E-state index in [4.69, 9.17) is 0 Å². The van der Waals surface area contributed by atoms with Crippen molar-refractivity contribution < 1.29 is 0 Å². The molecule has 102 valence electrons. The van der Waals surface area contributed by atoms with Crippen LogP contribution in [0.3, 0.4) is 0 Å². The Labute approximate surface area is 112 Å². The molecule has 1 aromatic carbocycles. The lowest BCUT2D eigenvalue weighted by molar-refractivity contribution is 0.645. The van der Waals surface area contributed by atoms with Crippen LogP contribution in [0.5, 0.6) is 0 Å². The largest absolute Gasteiger partial charge is 0.383 e. The van der Waals surface area contributed by atoms with E-state index < -0.39 is 0 Å². The van der Waals surface area contributed by atoms with Gasteiger partial charge < -0.3 is 10.2 Å². The van der Waals surface area contributed by atoms with E-state index in [9.17, 15) is 0 Å². The molecule has 0 aliphatic rings. The number of anilines is 2. The van der Waals surface area contributed by atoms with E-state index >= 15 is 0 Å². The highest BCUT2D eigenvalue weighted by atomic mass is 15.1. The van der Waals surface area contributed by atoms with Crippen LogP contribution < -0.4 is 10.2 Å². The molecule has 0 spiro atoms. The molecule has 1 atom stereocenters. The van der Waals surface area contributed by atoms with E-state index in [1.165, 1.54) is 30.6 Å². The quantitative estimate of drug-likeness (QED) is 0.727. The number of nitrogens with zero attached hydrogens (tertiary/aromatic N) is 1. The Kier molecular flexibility index (Phi) is 6.63. The molecule has 2 nitrogen and oxygen atoms in total. The summed E-state index contributed by atoms with van der Waals surface area (Å²) in [6.07, 6.45) is 3.81. The normalized spacial score (nSPS) is 12.2. The molecule has 1 N–H and O–H groups in total. The number of benzene rings is 1. The van der Waals surface area contributed by atoms with E-state index in [-0.39, 0.29) is 0 Å². The third-order valence-electron chi connectivity index (χ3n) is 3.40. The van der Waals surface area contributed by atoms with Crippen molar-refractivity contribution in [1.82, 2.24) is 0 Å². The molecule has 0 aliphatic heterocycles. The van der Waals surface area contributed by atoms with Crippen LogP contribution in [0, 0.1) is 0 Å². The van der Waals surface area contributed by atoms with Gasteiger partial charge >= 0.3 is 0 Å². The molecule has 18 heavy (non-hydrogen) atoms. The zero-order valence-corrected chi connectivity index (χ0v) is 12.4. The first-order valence-electron chi connectivity index (χ1n) is 7.32. The van der Waals surface area contributed by atoms with Gasteiger partial charge in [0.2, 0.25) is 0 Å². The minimum atomic E-state index is 0.559. The van der Waals surface area contributed by atoms with E-state index in [0.717, 1.165) is 13.1 Å². The van der Waals surface area contributed by atoms with Gasteiger partial charge in [-0.25, -0.2) is 0 Å². The van der Waals surface area contributed by atoms with Crippen molar-refractivity contribution >= 4 is 11.4 Å². The molecule has 0 saturated carbocycles. The van der Waals surface area contributed by atoms with Crippen molar-refractivity contribution in [3.8, 4) is 0 Å². The van der Waals surface area contributed by atoms with E-state index in [1.54, 1.807) is 0 Å². The summed E-state index contributed by atoms with van der Waals surface area (Å²) < 4.78 is 0. The van der Waals surface area contributed by atoms with E-state index in [0.29, 0.717) is 6.04 Å². The van der Waals surface area contributed by atoms with Crippen LogP contribution in [0.4, 0.5) is 11.4 Å². The predicted octanol–water partition coefficient (Wildman–Crippen LogP) is 4.52. The Bertz CT molecular complexity index is 314. The van der Waals surface area contributed by atoms with Crippen molar-refractivity contribution in [2.75, 3.05) is 23.3 Å². The monoisotopic (exact) mass is 248 g/mol. The van der Waals surface area contributed by atoms with Gasteiger partial charge in [0.15, 0.2) is 0 Å². The molecule has 0 fully saturated rings. The summed E-state index contributed by atoms with van der Waals surface area (Å²) in [4.78, 5) is 2.37. The maximum Gasteiger partial charge on any atom is 0.0367 e. The molecule has 0 bridgehead atoms. The molecule has 0 aromatic heterocycles. The van der Waals surface area contributed by atoms with Crippen LogP contribution in [0.15, 0.2) is 24.3 Å². The molecule has 2 heteroatoms. The van der Waals surface area contributed by atoms with Gasteiger partial charge in [-0.05, 0) is 51.5 Å². The van der Waals surface area contributed by atoms with Crippen molar-refractivity contribution in [3.05, 3.63) is 24.3 Å². The van der Waals surface area contributed by atoms with Crippen LogP contribution >= 0.6 is 0 Å². The maximum atomic E-state index is 3.56. The van der Waals surface area contributed by atoms with Crippen molar-refractivity contribution in [2.45, 2.75) is 53.0 Å². The summed E-state index contributed by atoms with van der Waals surface area (Å²) in [6.45, 7) is 11.0. The summed E-state index contributed by atoms with van der Waals surface area (Å²) >= 11 is 0. The summed E-state index contributed by atoms with van der Waals surface area (Å²) in [5.41, 5.74) is 2.54. The fraction of sp³-hybridized carbons (Fsp3) is 0.625. The van der Waals surface area contributed by atoms with E-state index in [2.05, 4.69) is 62.2 Å². The van der Waals surface area contributed by atoms with Gasteiger partial charge in [0.1, 0.15) is 0 Å². The molecular formula is C16H28N2. The topological polar surface area (TPSA) is 15.3 Å². The average Bonchev–Trinajstić information content (AvgIpc) is 2.40. The molecule has 0 amide bonds. The number of hydrogen-bond donors (Lipinski definition) is 1. The Hall–Kier alpha value is -1.18. The summed E-state index contributed by atoms with van der Waals surface area (Å²) in [5.74, 6) is 0. The number of hydrogen-bond acceptors (Lipinski definition) is 2. The zero-order valence-electron chi connectivity index (χ0n) is 12.4. The SMILES string of the molecule is CCCCC(C)Nc1ccc(N(CC)CC)cc1. The number of unbranched alkanes of at least 4 members (excludes halogenated alkanes) is 1. The predicted molar refractivity (Wildman–Crippen MR) is 82.6 cm³/mol. The van der Waals surface area contributed by atoms with Gasteiger partial charge in [0, 0.05) is 30.5 Å². The minimum Gasteiger partial charge on any atom is -0.383 e. The van der Waals surface area contributed by atoms with Crippen molar-refractivity contribution in [2.24, 2.45) is 0 Å². The molecule has 0 heterocycles. The highest BCUT2D eigenvalue weighted by Gasteiger charge is 2.03. The second kappa shape index (κ2) is 8.02. The fourth-order valence-electron chi connectivity index (χ4n) is 2.22. The van der Waals surface area contributed by atoms with E-state index in [1.807, 2.05) is 0 Å². The standard InChI is InChI=1S/C16H28N2/c1-5-8-9-14(4)17-15-10-12-16(13-11-15)18(6-2)7-3/h10-14,17H,5-9H2,1-4H3. The highest BCUT2D eigenvalue weighted by molar-refractivity contribution is 5.55. The lowest BCUT2D eigenvalue weighted by Crippen LogP contribution is -2.21. The molecule has 0 radical (unpaired) electrons. The Morgan fingerprint density at radius 3 is 2.17 bits per heavy atom. The minimum absolute atomic E-state index is 0.559. The number of nitrogens with one attached hydrogen (secondary N) is 1. The van der Waals surface area contributed by atoms with Crippen LogP contribution in [-0.4, -0.2) is 19.1 Å². The highest BCUT2D eigenvalue weighted by Crippen LogP contribution is 2.18. The van der Waals surface area contributed by atoms with Gasteiger partial charge in [0.25, 0.3) is 0 Å². The smallest absolute Gasteiger partial charge is 0.0367 e. The lowest BCUT2D eigenvalue weighted by Gasteiger charge is -2.22. The van der Waals surface area contributed by atoms with Crippen LogP contribution in [0.2, 0.25) is 0 Å². The van der Waals surface area contributed by atoms with Crippen molar-refractivity contribution in [3.63, 3.8) is 0 Å². The Balaban J connectivity index is 2.54. The Morgan fingerprint density at radius 1 is 1.06 bits per heavy atom. The molecule has 0 saturated heterocycles. The third kappa shape index (κ3) is 4.59. The van der Waals surface area contributed by atoms with Crippen LogP contribution in [-0.2, 0) is 0 Å². The first-order chi connectivity index (χ1) is 8.71.